The quantitative estimate of drug-likeness (QED) is 0.634. The first-order valence-electron chi connectivity index (χ1n) is 8.77. The van der Waals surface area contributed by atoms with E-state index in [1.165, 1.54) is 13.2 Å². The molecule has 0 unspecified atom stereocenters. The number of carbonyl (C=O) groups is 1. The molecule has 1 aliphatic carbocycles. The zero-order valence-electron chi connectivity index (χ0n) is 16.3. The Hall–Kier alpha value is -1.87. The monoisotopic (exact) mass is 385 g/mol. The van der Waals surface area contributed by atoms with Crippen LogP contribution in [0.2, 0.25) is 0 Å². The third-order valence-corrected chi connectivity index (χ3v) is 4.77. The van der Waals surface area contributed by atoms with Gasteiger partial charge >= 0.3 is 14.1 Å². The molecule has 0 atom stereocenters. The molecule has 0 heterocycles. The lowest BCUT2D eigenvalue weighted by Crippen LogP contribution is -2.49. The van der Waals surface area contributed by atoms with Crippen molar-refractivity contribution in [2.75, 3.05) is 7.11 Å². The van der Waals surface area contributed by atoms with E-state index in [0.717, 1.165) is 12.8 Å². The van der Waals surface area contributed by atoms with E-state index < -0.39 is 23.7 Å². The van der Waals surface area contributed by atoms with Crippen LogP contribution in [0.3, 0.4) is 0 Å². The summed E-state index contributed by atoms with van der Waals surface area (Å²) in [6.07, 6.45) is 1.72. The van der Waals surface area contributed by atoms with Crippen LogP contribution in [-0.4, -0.2) is 49.5 Å². The molecule has 1 amide bonds. The van der Waals surface area contributed by atoms with Gasteiger partial charge in [-0.2, -0.15) is 8.78 Å². The molecule has 150 valence electrons. The van der Waals surface area contributed by atoms with Crippen LogP contribution in [0.4, 0.5) is 8.78 Å². The molecule has 0 aromatic heterocycles. The minimum atomic E-state index is -3.09. The number of nitrogens with one attached hydrogen (secondary N) is 1. The van der Waals surface area contributed by atoms with Crippen molar-refractivity contribution < 1.29 is 32.8 Å². The lowest BCUT2D eigenvalue weighted by atomic mass is 9.82. The highest BCUT2D eigenvalue weighted by atomic mass is 19.3. The highest BCUT2D eigenvalue weighted by Crippen LogP contribution is 2.31. The third kappa shape index (κ3) is 5.56. The molecule has 6 nitrogen and oxygen atoms in total. The highest BCUT2D eigenvalue weighted by molar-refractivity contribution is 6.47. The Balaban J connectivity index is 2.32. The number of aliphatic hydroxyl groups is 1. The van der Waals surface area contributed by atoms with Crippen molar-refractivity contribution in [3.63, 3.8) is 0 Å². The van der Waals surface area contributed by atoms with Crippen LogP contribution in [0.15, 0.2) is 12.1 Å². The summed E-state index contributed by atoms with van der Waals surface area (Å²) in [7, 11) is 1.36. The van der Waals surface area contributed by atoms with Gasteiger partial charge in [-0.25, -0.2) is 0 Å². The average molecular weight is 385 g/mol. The standard InChI is InChI=1S/C18H26BF2NO5/c1-17(2,24)18(3,4)27-19-10-8-12(25-5)14(13(9-10)26-16(20)21)15(23)22-11-6-7-11/h8-9,11,16,19,24H,6-7H2,1-5H3,(H,22,23). The Labute approximate surface area is 158 Å². The van der Waals surface area contributed by atoms with E-state index in [1.54, 1.807) is 33.8 Å². The zero-order chi connectivity index (χ0) is 20.4. The Morgan fingerprint density at radius 3 is 2.33 bits per heavy atom. The normalized spacial score (nSPS) is 14.9. The first-order valence-corrected chi connectivity index (χ1v) is 8.77. The van der Waals surface area contributed by atoms with E-state index in [0.29, 0.717) is 5.46 Å². The predicted molar refractivity (Wildman–Crippen MR) is 98.4 cm³/mol. The van der Waals surface area contributed by atoms with E-state index in [1.807, 2.05) is 0 Å². The van der Waals surface area contributed by atoms with E-state index in [9.17, 15) is 18.7 Å². The maximum atomic E-state index is 12.9. The molecule has 0 saturated heterocycles. The highest BCUT2D eigenvalue weighted by Gasteiger charge is 2.36. The molecule has 0 spiro atoms. The van der Waals surface area contributed by atoms with E-state index in [4.69, 9.17) is 9.39 Å². The summed E-state index contributed by atoms with van der Waals surface area (Å²) >= 11 is 0. The Morgan fingerprint density at radius 1 is 1.26 bits per heavy atom. The smallest absolute Gasteiger partial charge is 0.387 e. The van der Waals surface area contributed by atoms with Gasteiger partial charge in [-0.05, 0) is 58.1 Å². The second-order valence-corrected chi connectivity index (χ2v) is 7.66. The summed E-state index contributed by atoms with van der Waals surface area (Å²) in [5.41, 5.74) is -1.62. The molecule has 1 aromatic carbocycles. The van der Waals surface area contributed by atoms with Crippen molar-refractivity contribution in [2.24, 2.45) is 0 Å². The number of benzene rings is 1. The summed E-state index contributed by atoms with van der Waals surface area (Å²) in [4.78, 5) is 12.5. The number of amides is 1. The minimum absolute atomic E-state index is 0.0114. The van der Waals surface area contributed by atoms with Gasteiger partial charge in [0.05, 0.1) is 18.3 Å². The van der Waals surface area contributed by atoms with Gasteiger partial charge in [-0.3, -0.25) is 4.79 Å². The molecule has 1 saturated carbocycles. The largest absolute Gasteiger partial charge is 0.496 e. The van der Waals surface area contributed by atoms with Crippen LogP contribution in [0.25, 0.3) is 0 Å². The predicted octanol–water partition coefficient (Wildman–Crippen LogP) is 1.73. The van der Waals surface area contributed by atoms with E-state index >= 15 is 0 Å². The second kappa shape index (κ2) is 8.02. The Kier molecular flexibility index (Phi) is 6.37. The molecule has 1 fully saturated rings. The van der Waals surface area contributed by atoms with Gasteiger partial charge in [-0.1, -0.05) is 0 Å². The fraction of sp³-hybridized carbons (Fsp3) is 0.611. The van der Waals surface area contributed by atoms with Crippen LogP contribution in [0.5, 0.6) is 11.5 Å². The molecule has 27 heavy (non-hydrogen) atoms. The van der Waals surface area contributed by atoms with Gasteiger partial charge in [0, 0.05) is 6.04 Å². The summed E-state index contributed by atoms with van der Waals surface area (Å²) < 4.78 is 41.3. The maximum Gasteiger partial charge on any atom is 0.387 e. The molecular formula is C18H26BF2NO5. The number of halogens is 2. The van der Waals surface area contributed by atoms with Gasteiger partial charge in [-0.15, -0.1) is 0 Å². The number of ether oxygens (including phenoxy) is 2. The van der Waals surface area contributed by atoms with Crippen LogP contribution in [-0.2, 0) is 4.65 Å². The minimum Gasteiger partial charge on any atom is -0.496 e. The Morgan fingerprint density at radius 2 is 1.85 bits per heavy atom. The van der Waals surface area contributed by atoms with Crippen molar-refractivity contribution in [1.29, 1.82) is 0 Å². The second-order valence-electron chi connectivity index (χ2n) is 7.66. The summed E-state index contributed by atoms with van der Waals surface area (Å²) in [6, 6.07) is 2.93. The summed E-state index contributed by atoms with van der Waals surface area (Å²) in [5, 5.41) is 12.9. The van der Waals surface area contributed by atoms with Crippen molar-refractivity contribution in [2.45, 2.75) is 64.4 Å². The first kappa shape index (κ1) is 21.4. The van der Waals surface area contributed by atoms with Gasteiger partial charge in [0.1, 0.15) is 17.1 Å². The molecule has 2 N–H and O–H groups in total. The molecule has 1 aromatic rings. The van der Waals surface area contributed by atoms with Crippen molar-refractivity contribution in [1.82, 2.24) is 5.32 Å². The molecule has 0 bridgehead atoms. The van der Waals surface area contributed by atoms with Crippen molar-refractivity contribution in [3.05, 3.63) is 17.7 Å². The van der Waals surface area contributed by atoms with Gasteiger partial charge in [0.2, 0.25) is 0 Å². The lowest BCUT2D eigenvalue weighted by molar-refractivity contribution is -0.0893. The van der Waals surface area contributed by atoms with Gasteiger partial charge in [0.15, 0.2) is 0 Å². The molecule has 0 aliphatic heterocycles. The maximum absolute atomic E-state index is 12.9. The number of rotatable bonds is 9. The SMILES string of the molecule is COc1cc(BOC(C)(C)C(C)(C)O)cc(OC(F)F)c1C(=O)NC1CC1. The van der Waals surface area contributed by atoms with Crippen molar-refractivity contribution >= 4 is 18.9 Å². The molecule has 2 rings (SSSR count). The van der Waals surface area contributed by atoms with Crippen LogP contribution in [0.1, 0.15) is 50.9 Å². The zero-order valence-corrected chi connectivity index (χ0v) is 16.3. The summed E-state index contributed by atoms with van der Waals surface area (Å²) in [5.74, 6) is -0.678. The van der Waals surface area contributed by atoms with Gasteiger partial charge < -0.3 is 24.6 Å². The molecule has 1 aliphatic rings. The van der Waals surface area contributed by atoms with Crippen LogP contribution < -0.4 is 20.3 Å². The fourth-order valence-electron chi connectivity index (χ4n) is 2.23. The number of methoxy groups -OCH3 is 1. The number of hydrogen-bond acceptors (Lipinski definition) is 5. The first-order chi connectivity index (χ1) is 12.4. The molecule has 0 radical (unpaired) electrons. The lowest BCUT2D eigenvalue weighted by Gasteiger charge is -2.37. The molecular weight excluding hydrogens is 359 g/mol. The molecule has 9 heteroatoms. The van der Waals surface area contributed by atoms with E-state index in [2.05, 4.69) is 10.1 Å². The topological polar surface area (TPSA) is 77.0 Å². The third-order valence-electron chi connectivity index (χ3n) is 4.77. The number of alkyl halides is 2. The average Bonchev–Trinajstić information content (AvgIpc) is 3.34. The fourth-order valence-corrected chi connectivity index (χ4v) is 2.23. The Bertz CT molecular complexity index is 687. The summed E-state index contributed by atoms with van der Waals surface area (Å²) in [6.45, 7) is 3.58. The number of hydrogen-bond donors (Lipinski definition) is 2. The van der Waals surface area contributed by atoms with Crippen LogP contribution in [0, 0.1) is 0 Å². The van der Waals surface area contributed by atoms with Gasteiger partial charge in [0.25, 0.3) is 5.91 Å². The van der Waals surface area contributed by atoms with E-state index in [-0.39, 0.29) is 30.6 Å². The number of carbonyl (C=O) groups excluding carboxylic acids is 1. The van der Waals surface area contributed by atoms with Crippen LogP contribution >= 0.6 is 0 Å². The van der Waals surface area contributed by atoms with Crippen molar-refractivity contribution in [3.8, 4) is 11.5 Å².